The van der Waals surface area contributed by atoms with Gasteiger partial charge in [0.05, 0.1) is 62.8 Å². The molecule has 1 saturated heterocycles. The van der Waals surface area contributed by atoms with E-state index < -0.39 is 33.8 Å². The van der Waals surface area contributed by atoms with Crippen LogP contribution in [0.15, 0.2) is 102 Å². The Morgan fingerprint density at radius 2 is 1.71 bits per heavy atom. The molecule has 1 fully saturated rings. The normalized spacial score (nSPS) is 15.3. The first-order chi connectivity index (χ1) is 32.8. The van der Waals surface area contributed by atoms with Gasteiger partial charge >= 0.3 is 0 Å². The molecule has 2 N–H and O–H groups in total. The summed E-state index contributed by atoms with van der Waals surface area (Å²) in [7, 11) is -4.47. The molecule has 2 aliphatic rings. The lowest BCUT2D eigenvalue weighted by Gasteiger charge is -2.36. The molecule has 0 saturated carbocycles. The van der Waals surface area contributed by atoms with Crippen molar-refractivity contribution < 1.29 is 37.4 Å². The summed E-state index contributed by atoms with van der Waals surface area (Å²) >= 11 is 19.4. The van der Waals surface area contributed by atoms with Crippen LogP contribution in [-0.2, 0) is 34.3 Å². The second-order valence-corrected chi connectivity index (χ2v) is 19.7. The van der Waals surface area contributed by atoms with Crippen molar-refractivity contribution in [2.75, 3.05) is 52.6 Å². The Morgan fingerprint density at radius 3 is 2.46 bits per heavy atom. The highest BCUT2D eigenvalue weighted by atomic mass is 35.5. The standard InChI is InChI=1S/C50H51Cl3N6O8S/c1-3-4-18-57(29-33-12-16-42(51)43(52)25-33)50(63)47-46(53)32(2)59(54-47)44-17-14-36(27-41(44)49(62)58-30-37-9-6-5-8-35(37)26-38(58)31-60)48(61)55-68(64,65)39-15-13-34-10-7-11-45(40(34)28-39)67-24-21-56-19-22-66-23-20-56/h5-17,25,27-28,38,60H,3-4,18-24,26,29-31H2,1-2H3,(H,55,61). The lowest BCUT2D eigenvalue weighted by Crippen LogP contribution is -2.46. The number of sulfonamides is 1. The topological polar surface area (TPSA) is 164 Å². The van der Waals surface area contributed by atoms with Crippen LogP contribution in [-0.4, -0.2) is 114 Å². The van der Waals surface area contributed by atoms with Gasteiger partial charge in [0.2, 0.25) is 0 Å². The number of fused-ring (bicyclic) bond motifs is 2. The number of benzene rings is 5. The number of amides is 3. The Bertz CT molecular complexity index is 2980. The zero-order valence-corrected chi connectivity index (χ0v) is 40.7. The molecule has 18 heteroatoms. The van der Waals surface area contributed by atoms with Crippen LogP contribution in [0.3, 0.4) is 0 Å². The minimum absolute atomic E-state index is 0.0441. The molecule has 14 nitrogen and oxygen atoms in total. The SMILES string of the molecule is CCCCN(Cc1ccc(Cl)c(Cl)c1)C(=O)c1nn(-c2ccc(C(=O)NS(=O)(=O)c3ccc4cccc(OCCN5CCOCC5)c4c3)cc2C(=O)N2Cc3ccccc3CC2CO)c(C)c1Cl. The molecule has 2 aliphatic heterocycles. The number of unbranched alkanes of at least 4 members (excludes halogenated alkanes) is 1. The third-order valence-electron chi connectivity index (χ3n) is 12.3. The molecule has 6 aromatic rings. The number of aromatic nitrogens is 2. The summed E-state index contributed by atoms with van der Waals surface area (Å²) in [6.07, 6.45) is 1.87. The molecule has 0 radical (unpaired) electrons. The molecule has 0 spiro atoms. The van der Waals surface area contributed by atoms with E-state index in [0.717, 1.165) is 41.6 Å². The van der Waals surface area contributed by atoms with Gasteiger partial charge in [-0.25, -0.2) is 17.8 Å². The van der Waals surface area contributed by atoms with Gasteiger partial charge < -0.3 is 24.4 Å². The van der Waals surface area contributed by atoms with Gasteiger partial charge in [0.25, 0.3) is 27.7 Å². The van der Waals surface area contributed by atoms with Crippen molar-refractivity contribution in [1.82, 2.24) is 29.2 Å². The highest BCUT2D eigenvalue weighted by molar-refractivity contribution is 7.90. The van der Waals surface area contributed by atoms with Crippen LogP contribution >= 0.6 is 34.8 Å². The van der Waals surface area contributed by atoms with Crippen LogP contribution in [0.1, 0.15) is 73.4 Å². The number of nitrogens with zero attached hydrogens (tertiary/aromatic N) is 5. The van der Waals surface area contributed by atoms with Crippen molar-refractivity contribution in [3.05, 3.63) is 151 Å². The first kappa shape index (κ1) is 48.9. The summed E-state index contributed by atoms with van der Waals surface area (Å²) in [5, 5.41) is 17.4. The number of rotatable bonds is 16. The molecule has 1 unspecified atom stereocenters. The van der Waals surface area contributed by atoms with Crippen LogP contribution in [0.4, 0.5) is 0 Å². The Morgan fingerprint density at radius 1 is 0.926 bits per heavy atom. The van der Waals surface area contributed by atoms with E-state index in [4.69, 9.17) is 49.4 Å². The van der Waals surface area contributed by atoms with Crippen LogP contribution in [0.5, 0.6) is 5.75 Å². The minimum Gasteiger partial charge on any atom is -0.492 e. The number of hydrogen-bond acceptors (Lipinski definition) is 10. The van der Waals surface area contributed by atoms with E-state index in [-0.39, 0.29) is 52.1 Å². The summed E-state index contributed by atoms with van der Waals surface area (Å²) in [4.78, 5) is 48.6. The van der Waals surface area contributed by atoms with Crippen molar-refractivity contribution in [3.8, 4) is 11.4 Å². The third-order valence-corrected chi connectivity index (χ3v) is 14.9. The van der Waals surface area contributed by atoms with Crippen molar-refractivity contribution in [1.29, 1.82) is 0 Å². The second kappa shape index (κ2) is 21.4. The smallest absolute Gasteiger partial charge is 0.276 e. The zero-order valence-electron chi connectivity index (χ0n) is 37.6. The molecule has 1 atom stereocenters. The molecule has 3 heterocycles. The van der Waals surface area contributed by atoms with E-state index in [2.05, 4.69) is 9.62 Å². The first-order valence-electron chi connectivity index (χ1n) is 22.4. The Hall–Kier alpha value is -5.52. The van der Waals surface area contributed by atoms with Gasteiger partial charge in [-0.3, -0.25) is 19.3 Å². The van der Waals surface area contributed by atoms with E-state index in [1.807, 2.05) is 43.3 Å². The van der Waals surface area contributed by atoms with Crippen molar-refractivity contribution in [3.63, 3.8) is 0 Å². The third kappa shape index (κ3) is 10.7. The van der Waals surface area contributed by atoms with E-state index in [1.165, 1.54) is 39.9 Å². The maximum absolute atomic E-state index is 15.0. The Balaban J connectivity index is 1.12. The van der Waals surface area contributed by atoms with Crippen molar-refractivity contribution in [2.24, 2.45) is 0 Å². The average molecular weight is 1000 g/mol. The number of morpholine rings is 1. The maximum atomic E-state index is 15.0. The summed E-state index contributed by atoms with van der Waals surface area (Å²) in [5.41, 5.74) is 2.86. The minimum atomic E-state index is -4.47. The molecule has 68 heavy (non-hydrogen) atoms. The second-order valence-electron chi connectivity index (χ2n) is 16.8. The number of halogens is 3. The summed E-state index contributed by atoms with van der Waals surface area (Å²) < 4.78 is 43.1. The molecule has 0 bridgehead atoms. The molecular weight excluding hydrogens is 951 g/mol. The summed E-state index contributed by atoms with van der Waals surface area (Å²) in [6.45, 7) is 8.01. The fraction of sp³-hybridized carbons (Fsp3) is 0.320. The average Bonchev–Trinajstić information content (AvgIpc) is 3.65. The molecule has 8 rings (SSSR count). The van der Waals surface area contributed by atoms with Gasteiger partial charge in [0.1, 0.15) is 12.4 Å². The van der Waals surface area contributed by atoms with Gasteiger partial charge in [0, 0.05) is 50.2 Å². The number of aliphatic hydroxyl groups excluding tert-OH is 1. The van der Waals surface area contributed by atoms with Gasteiger partial charge in [-0.2, -0.15) is 5.10 Å². The number of carbonyl (C=O) groups is 3. The van der Waals surface area contributed by atoms with Gasteiger partial charge in [-0.05, 0) is 90.4 Å². The molecule has 1 aromatic heterocycles. The molecule has 5 aromatic carbocycles. The Kier molecular flexibility index (Phi) is 15.4. The monoisotopic (exact) mass is 1000 g/mol. The van der Waals surface area contributed by atoms with E-state index >= 15 is 0 Å². The van der Waals surface area contributed by atoms with Crippen LogP contribution in [0.25, 0.3) is 16.5 Å². The number of nitrogens with one attached hydrogen (secondary N) is 1. The van der Waals surface area contributed by atoms with E-state index in [9.17, 15) is 27.9 Å². The summed E-state index contributed by atoms with van der Waals surface area (Å²) in [6, 6.07) is 26.2. The van der Waals surface area contributed by atoms with Crippen molar-refractivity contribution in [2.45, 2.75) is 57.1 Å². The van der Waals surface area contributed by atoms with Gasteiger partial charge in [-0.15, -0.1) is 0 Å². The number of ether oxygens (including phenoxy) is 2. The van der Waals surface area contributed by atoms with Gasteiger partial charge in [-0.1, -0.05) is 96.7 Å². The lowest BCUT2D eigenvalue weighted by atomic mass is 9.93. The zero-order chi connectivity index (χ0) is 48.1. The lowest BCUT2D eigenvalue weighted by molar-refractivity contribution is 0.0323. The largest absolute Gasteiger partial charge is 0.492 e. The highest BCUT2D eigenvalue weighted by Crippen LogP contribution is 2.32. The van der Waals surface area contributed by atoms with E-state index in [0.29, 0.717) is 72.6 Å². The predicted molar refractivity (Wildman–Crippen MR) is 262 cm³/mol. The van der Waals surface area contributed by atoms with Crippen LogP contribution < -0.4 is 9.46 Å². The van der Waals surface area contributed by atoms with Crippen LogP contribution in [0.2, 0.25) is 15.1 Å². The van der Waals surface area contributed by atoms with Gasteiger partial charge in [0.15, 0.2) is 5.69 Å². The highest BCUT2D eigenvalue weighted by Gasteiger charge is 2.34. The molecule has 0 aliphatic carbocycles. The quantitative estimate of drug-likeness (QED) is 0.0969. The maximum Gasteiger partial charge on any atom is 0.276 e. The molecule has 3 amide bonds. The van der Waals surface area contributed by atoms with E-state index in [1.54, 1.807) is 42.2 Å². The fourth-order valence-electron chi connectivity index (χ4n) is 8.51. The molecule has 356 valence electrons. The van der Waals surface area contributed by atoms with Crippen LogP contribution in [0, 0.1) is 6.92 Å². The van der Waals surface area contributed by atoms with Crippen molar-refractivity contribution >= 4 is 73.3 Å². The number of aliphatic hydroxyl groups is 1. The summed E-state index contributed by atoms with van der Waals surface area (Å²) in [5.74, 6) is -1.52. The first-order valence-corrected chi connectivity index (χ1v) is 25.0. The Labute approximate surface area is 410 Å². The fourth-order valence-corrected chi connectivity index (χ4v) is 10.0. The number of hydrogen-bond donors (Lipinski definition) is 2. The number of carbonyl (C=O) groups excluding carboxylic acids is 3. The predicted octanol–water partition coefficient (Wildman–Crippen LogP) is 8.13. The molecular formula is C50H51Cl3N6O8S.